The van der Waals surface area contributed by atoms with Crippen LogP contribution in [-0.4, -0.2) is 12.5 Å². The van der Waals surface area contributed by atoms with Crippen LogP contribution in [0.4, 0.5) is 5.69 Å². The third-order valence-electron chi connectivity index (χ3n) is 4.40. The molecule has 0 radical (unpaired) electrons. The summed E-state index contributed by atoms with van der Waals surface area (Å²) in [7, 11) is 0. The summed E-state index contributed by atoms with van der Waals surface area (Å²) in [6.07, 6.45) is 5.36. The Hall–Kier alpha value is -1.35. The van der Waals surface area contributed by atoms with Crippen LogP contribution >= 0.6 is 0 Å². The summed E-state index contributed by atoms with van der Waals surface area (Å²) in [6, 6.07) is 8.08. The fourth-order valence-electron chi connectivity index (χ4n) is 3.08. The van der Waals surface area contributed by atoms with E-state index in [1.807, 2.05) is 29.2 Å². The van der Waals surface area contributed by atoms with Crippen molar-refractivity contribution < 1.29 is 4.79 Å². The smallest absolute Gasteiger partial charge is 0.232 e. The Morgan fingerprint density at radius 2 is 1.85 bits per heavy atom. The molecule has 2 rings (SSSR count). The van der Waals surface area contributed by atoms with E-state index in [-0.39, 0.29) is 11.3 Å². The van der Waals surface area contributed by atoms with Gasteiger partial charge in [-0.05, 0) is 37.0 Å². The fourth-order valence-corrected chi connectivity index (χ4v) is 3.08. The van der Waals surface area contributed by atoms with Gasteiger partial charge in [-0.2, -0.15) is 0 Å². The van der Waals surface area contributed by atoms with Gasteiger partial charge in [0.1, 0.15) is 0 Å². The van der Waals surface area contributed by atoms with E-state index >= 15 is 0 Å². The molecule has 0 bridgehead atoms. The maximum atomic E-state index is 12.9. The zero-order chi connectivity index (χ0) is 14.6. The summed E-state index contributed by atoms with van der Waals surface area (Å²) >= 11 is 0. The van der Waals surface area contributed by atoms with E-state index in [4.69, 9.17) is 5.73 Å². The first-order valence-corrected chi connectivity index (χ1v) is 7.71. The van der Waals surface area contributed by atoms with Gasteiger partial charge >= 0.3 is 0 Å². The van der Waals surface area contributed by atoms with Crippen LogP contribution in [0, 0.1) is 5.41 Å². The molecule has 1 aliphatic carbocycles. The van der Waals surface area contributed by atoms with Gasteiger partial charge in [0.15, 0.2) is 0 Å². The Morgan fingerprint density at radius 3 is 2.35 bits per heavy atom. The molecular weight excluding hydrogens is 248 g/mol. The van der Waals surface area contributed by atoms with Crippen molar-refractivity contribution in [2.24, 2.45) is 11.1 Å². The molecule has 3 nitrogen and oxygen atoms in total. The first kappa shape index (κ1) is 15.0. The Bertz CT molecular complexity index is 447. The lowest BCUT2D eigenvalue weighted by molar-refractivity contribution is -0.127. The molecule has 0 saturated heterocycles. The van der Waals surface area contributed by atoms with Gasteiger partial charge in [0, 0.05) is 24.2 Å². The SMILES string of the molecule is CCCN(C(=O)C1(C)CCCC1)c1ccc(CN)cc1. The highest BCUT2D eigenvalue weighted by Crippen LogP contribution is 2.40. The molecule has 3 heteroatoms. The quantitative estimate of drug-likeness (QED) is 0.893. The lowest BCUT2D eigenvalue weighted by Gasteiger charge is -2.31. The molecule has 0 aromatic heterocycles. The number of rotatable bonds is 5. The minimum atomic E-state index is -0.165. The van der Waals surface area contributed by atoms with Gasteiger partial charge in [-0.25, -0.2) is 0 Å². The molecular formula is C17H26N2O. The summed E-state index contributed by atoms with van der Waals surface area (Å²) in [5.41, 5.74) is 7.57. The maximum absolute atomic E-state index is 12.9. The average molecular weight is 274 g/mol. The molecule has 0 unspecified atom stereocenters. The molecule has 0 heterocycles. The number of nitrogens with two attached hydrogens (primary N) is 1. The molecule has 1 aliphatic rings. The first-order valence-electron chi connectivity index (χ1n) is 7.71. The minimum Gasteiger partial charge on any atom is -0.326 e. The van der Waals surface area contributed by atoms with E-state index in [1.165, 1.54) is 12.8 Å². The van der Waals surface area contributed by atoms with Gasteiger partial charge in [0.05, 0.1) is 0 Å². The summed E-state index contributed by atoms with van der Waals surface area (Å²) in [5.74, 6) is 0.289. The van der Waals surface area contributed by atoms with Gasteiger partial charge < -0.3 is 10.6 Å². The van der Waals surface area contributed by atoms with Gasteiger partial charge in [-0.15, -0.1) is 0 Å². The third kappa shape index (κ3) is 3.04. The standard InChI is InChI=1S/C17H26N2O/c1-3-12-19(15-8-6-14(13-18)7-9-15)16(20)17(2)10-4-5-11-17/h6-9H,3-5,10-13,18H2,1-2H3. The third-order valence-corrected chi connectivity index (χ3v) is 4.40. The second-order valence-electron chi connectivity index (χ2n) is 6.10. The van der Waals surface area contributed by atoms with E-state index in [0.29, 0.717) is 6.54 Å². The molecule has 0 aliphatic heterocycles. The number of hydrogen-bond donors (Lipinski definition) is 1. The predicted molar refractivity (Wildman–Crippen MR) is 83.6 cm³/mol. The van der Waals surface area contributed by atoms with Gasteiger partial charge in [-0.3, -0.25) is 4.79 Å². The van der Waals surface area contributed by atoms with E-state index in [2.05, 4.69) is 13.8 Å². The molecule has 1 aromatic rings. The Kier molecular flexibility index (Phi) is 4.81. The first-order chi connectivity index (χ1) is 9.60. The average Bonchev–Trinajstić information content (AvgIpc) is 2.92. The highest BCUT2D eigenvalue weighted by atomic mass is 16.2. The Labute approximate surface area is 122 Å². The molecule has 20 heavy (non-hydrogen) atoms. The molecule has 1 fully saturated rings. The van der Waals surface area contributed by atoms with E-state index < -0.39 is 0 Å². The number of carbonyl (C=O) groups excluding carboxylic acids is 1. The van der Waals surface area contributed by atoms with Crippen molar-refractivity contribution in [1.29, 1.82) is 0 Å². The van der Waals surface area contributed by atoms with Crippen molar-refractivity contribution in [3.8, 4) is 0 Å². The highest BCUT2D eigenvalue weighted by Gasteiger charge is 2.39. The van der Waals surface area contributed by atoms with Crippen LogP contribution in [0.5, 0.6) is 0 Å². The van der Waals surface area contributed by atoms with Crippen LogP contribution in [0.2, 0.25) is 0 Å². The van der Waals surface area contributed by atoms with Crippen molar-refractivity contribution in [2.75, 3.05) is 11.4 Å². The zero-order valence-electron chi connectivity index (χ0n) is 12.7. The lowest BCUT2D eigenvalue weighted by Crippen LogP contribution is -2.41. The van der Waals surface area contributed by atoms with Crippen molar-refractivity contribution >= 4 is 11.6 Å². The highest BCUT2D eigenvalue weighted by molar-refractivity contribution is 5.97. The summed E-state index contributed by atoms with van der Waals surface area (Å²) in [5, 5.41) is 0. The molecule has 1 saturated carbocycles. The van der Waals surface area contributed by atoms with Gasteiger partial charge in [-0.1, -0.05) is 38.8 Å². The van der Waals surface area contributed by atoms with Crippen molar-refractivity contribution in [1.82, 2.24) is 0 Å². The maximum Gasteiger partial charge on any atom is 0.232 e. The van der Waals surface area contributed by atoms with Crippen molar-refractivity contribution in [3.05, 3.63) is 29.8 Å². The van der Waals surface area contributed by atoms with Crippen LogP contribution in [0.25, 0.3) is 0 Å². The second kappa shape index (κ2) is 6.40. The number of benzene rings is 1. The summed E-state index contributed by atoms with van der Waals surface area (Å²) < 4.78 is 0. The number of hydrogen-bond acceptors (Lipinski definition) is 2. The lowest BCUT2D eigenvalue weighted by atomic mass is 9.87. The van der Waals surface area contributed by atoms with Crippen LogP contribution in [0.1, 0.15) is 51.5 Å². The normalized spacial score (nSPS) is 17.1. The van der Waals surface area contributed by atoms with E-state index in [0.717, 1.165) is 37.1 Å². The molecule has 2 N–H and O–H groups in total. The monoisotopic (exact) mass is 274 g/mol. The summed E-state index contributed by atoms with van der Waals surface area (Å²) in [6.45, 7) is 5.57. The molecule has 1 amide bonds. The van der Waals surface area contributed by atoms with E-state index in [1.54, 1.807) is 0 Å². The number of nitrogens with zero attached hydrogens (tertiary/aromatic N) is 1. The van der Waals surface area contributed by atoms with E-state index in [9.17, 15) is 4.79 Å². The van der Waals surface area contributed by atoms with Crippen LogP contribution < -0.4 is 10.6 Å². The second-order valence-corrected chi connectivity index (χ2v) is 6.10. The number of anilines is 1. The van der Waals surface area contributed by atoms with Crippen LogP contribution in [-0.2, 0) is 11.3 Å². The Balaban J connectivity index is 2.23. The summed E-state index contributed by atoms with van der Waals surface area (Å²) in [4.78, 5) is 14.9. The Morgan fingerprint density at radius 1 is 1.25 bits per heavy atom. The molecule has 0 atom stereocenters. The van der Waals surface area contributed by atoms with Crippen LogP contribution in [0.15, 0.2) is 24.3 Å². The minimum absolute atomic E-state index is 0.165. The molecule has 110 valence electrons. The molecule has 1 aromatic carbocycles. The fraction of sp³-hybridized carbons (Fsp3) is 0.588. The number of carbonyl (C=O) groups is 1. The predicted octanol–water partition coefficient (Wildman–Crippen LogP) is 3.47. The number of amides is 1. The van der Waals surface area contributed by atoms with Crippen LogP contribution in [0.3, 0.4) is 0 Å². The largest absolute Gasteiger partial charge is 0.326 e. The van der Waals surface area contributed by atoms with Gasteiger partial charge in [0.25, 0.3) is 0 Å². The van der Waals surface area contributed by atoms with Crippen molar-refractivity contribution in [2.45, 2.75) is 52.5 Å². The zero-order valence-corrected chi connectivity index (χ0v) is 12.7. The van der Waals surface area contributed by atoms with Gasteiger partial charge in [0.2, 0.25) is 5.91 Å². The topological polar surface area (TPSA) is 46.3 Å². The molecule has 0 spiro atoms. The van der Waals surface area contributed by atoms with Crippen molar-refractivity contribution in [3.63, 3.8) is 0 Å².